The van der Waals surface area contributed by atoms with Crippen molar-refractivity contribution in [1.82, 2.24) is 4.90 Å². The van der Waals surface area contributed by atoms with Crippen LogP contribution in [0.3, 0.4) is 0 Å². The molecule has 1 aromatic rings. The Hall–Kier alpha value is -1.56. The van der Waals surface area contributed by atoms with Crippen LogP contribution in [0, 0.1) is 0 Å². The maximum atomic E-state index is 12.5. The molecule has 1 fully saturated rings. The molecule has 1 amide bonds. The third-order valence-electron chi connectivity index (χ3n) is 3.55. The summed E-state index contributed by atoms with van der Waals surface area (Å²) in [5.74, 6) is -1.19. The average Bonchev–Trinajstić information content (AvgIpc) is 2.66. The molecule has 2 rings (SSSR count). The van der Waals surface area contributed by atoms with E-state index in [0.717, 1.165) is 19.3 Å². The molecule has 3 N–H and O–H groups in total. The summed E-state index contributed by atoms with van der Waals surface area (Å²) in [6, 6.07) is 4.18. The van der Waals surface area contributed by atoms with E-state index in [1.807, 2.05) is 0 Å². The molecule has 1 unspecified atom stereocenters. The molecule has 1 saturated heterocycles. The Morgan fingerprint density at radius 1 is 1.30 bits per heavy atom. The van der Waals surface area contributed by atoms with Gasteiger partial charge in [-0.15, -0.1) is 0 Å². The number of nitrogens with zero attached hydrogens (tertiary/aromatic N) is 1. The van der Waals surface area contributed by atoms with E-state index in [2.05, 4.69) is 15.9 Å². The van der Waals surface area contributed by atoms with Crippen LogP contribution in [0.1, 0.15) is 36.0 Å². The van der Waals surface area contributed by atoms with Crippen molar-refractivity contribution in [3.8, 4) is 0 Å². The number of amides is 1. The molecular formula is C14H17BrN2O3. The number of nitrogen functional groups attached to an aromatic ring is 1. The fraction of sp³-hybridized carbons (Fsp3) is 0.429. The number of likely N-dealkylation sites (tertiary alicyclic amines) is 1. The van der Waals surface area contributed by atoms with Gasteiger partial charge in [0, 0.05) is 22.3 Å². The van der Waals surface area contributed by atoms with Crippen LogP contribution in [0.15, 0.2) is 22.7 Å². The van der Waals surface area contributed by atoms with Crippen molar-refractivity contribution in [3.05, 3.63) is 28.2 Å². The van der Waals surface area contributed by atoms with Crippen LogP contribution in [0.25, 0.3) is 0 Å². The minimum Gasteiger partial charge on any atom is -0.480 e. The fourth-order valence-electron chi connectivity index (χ4n) is 2.43. The predicted octanol–water partition coefficient (Wildman–Crippen LogP) is 2.50. The Balaban J connectivity index is 2.28. The summed E-state index contributed by atoms with van der Waals surface area (Å²) in [7, 11) is 0. The summed E-state index contributed by atoms with van der Waals surface area (Å²) >= 11 is 3.29. The molecule has 0 saturated carbocycles. The predicted molar refractivity (Wildman–Crippen MR) is 79.5 cm³/mol. The van der Waals surface area contributed by atoms with Crippen LogP contribution in [0.5, 0.6) is 0 Å². The maximum Gasteiger partial charge on any atom is 0.326 e. The molecule has 1 atom stereocenters. The summed E-state index contributed by atoms with van der Waals surface area (Å²) in [5.41, 5.74) is 6.71. The van der Waals surface area contributed by atoms with E-state index in [0.29, 0.717) is 28.7 Å². The van der Waals surface area contributed by atoms with E-state index in [9.17, 15) is 14.7 Å². The molecule has 20 heavy (non-hydrogen) atoms. The second-order valence-corrected chi connectivity index (χ2v) is 5.79. The highest BCUT2D eigenvalue weighted by molar-refractivity contribution is 9.10. The van der Waals surface area contributed by atoms with E-state index in [1.165, 1.54) is 4.90 Å². The monoisotopic (exact) mass is 340 g/mol. The highest BCUT2D eigenvalue weighted by Gasteiger charge is 2.31. The van der Waals surface area contributed by atoms with Gasteiger partial charge in [-0.1, -0.05) is 12.8 Å². The van der Waals surface area contributed by atoms with Gasteiger partial charge in [0.05, 0.1) is 0 Å². The topological polar surface area (TPSA) is 83.6 Å². The van der Waals surface area contributed by atoms with Gasteiger partial charge in [-0.2, -0.15) is 0 Å². The van der Waals surface area contributed by atoms with E-state index in [4.69, 9.17) is 5.73 Å². The van der Waals surface area contributed by atoms with Gasteiger partial charge < -0.3 is 15.7 Å². The molecule has 5 nitrogen and oxygen atoms in total. The smallest absolute Gasteiger partial charge is 0.326 e. The number of hydrogen-bond acceptors (Lipinski definition) is 3. The zero-order chi connectivity index (χ0) is 14.7. The van der Waals surface area contributed by atoms with E-state index >= 15 is 0 Å². The Bertz CT molecular complexity index is 533. The number of carbonyl (C=O) groups is 2. The molecule has 0 bridgehead atoms. The third kappa shape index (κ3) is 3.12. The molecule has 0 aromatic heterocycles. The SMILES string of the molecule is Nc1ccc(C(=O)N2CCCCCC2C(=O)O)cc1Br. The van der Waals surface area contributed by atoms with Crippen molar-refractivity contribution >= 4 is 33.5 Å². The number of benzene rings is 1. The number of carboxylic acids is 1. The molecule has 0 aliphatic carbocycles. The van der Waals surface area contributed by atoms with Gasteiger partial charge in [-0.25, -0.2) is 4.79 Å². The van der Waals surface area contributed by atoms with Crippen molar-refractivity contribution < 1.29 is 14.7 Å². The molecule has 108 valence electrons. The zero-order valence-electron chi connectivity index (χ0n) is 11.0. The summed E-state index contributed by atoms with van der Waals surface area (Å²) in [6.45, 7) is 0.484. The first-order valence-corrected chi connectivity index (χ1v) is 7.39. The average molecular weight is 341 g/mol. The maximum absolute atomic E-state index is 12.5. The Kier molecular flexibility index (Phi) is 4.65. The first-order valence-electron chi connectivity index (χ1n) is 6.59. The van der Waals surface area contributed by atoms with E-state index in [1.54, 1.807) is 18.2 Å². The second kappa shape index (κ2) is 6.26. The van der Waals surface area contributed by atoms with Gasteiger partial charge >= 0.3 is 5.97 Å². The standard InChI is InChI=1S/C14H17BrN2O3/c15-10-8-9(5-6-11(10)16)13(18)17-7-3-1-2-4-12(17)14(19)20/h5-6,8,12H,1-4,7,16H2,(H,19,20). The number of anilines is 1. The van der Waals surface area contributed by atoms with Crippen LogP contribution < -0.4 is 5.73 Å². The number of carboxylic acid groups (broad SMARTS) is 1. The van der Waals surface area contributed by atoms with Crippen LogP contribution in [0.4, 0.5) is 5.69 Å². The lowest BCUT2D eigenvalue weighted by Crippen LogP contribution is -2.44. The van der Waals surface area contributed by atoms with E-state index < -0.39 is 12.0 Å². The van der Waals surface area contributed by atoms with Gasteiger partial charge in [0.25, 0.3) is 5.91 Å². The Morgan fingerprint density at radius 2 is 2.05 bits per heavy atom. The number of nitrogens with two attached hydrogens (primary N) is 1. The molecule has 0 radical (unpaired) electrons. The van der Waals surface area contributed by atoms with Crippen LogP contribution in [-0.4, -0.2) is 34.5 Å². The molecule has 1 aliphatic rings. The first-order chi connectivity index (χ1) is 9.50. The molecule has 0 spiro atoms. The normalized spacial score (nSPS) is 19.4. The van der Waals surface area contributed by atoms with Crippen molar-refractivity contribution in [1.29, 1.82) is 0 Å². The number of hydrogen-bond donors (Lipinski definition) is 2. The first kappa shape index (κ1) is 14.8. The third-order valence-corrected chi connectivity index (χ3v) is 4.23. The summed E-state index contributed by atoms with van der Waals surface area (Å²) in [6.07, 6.45) is 3.15. The number of rotatable bonds is 2. The lowest BCUT2D eigenvalue weighted by molar-refractivity contribution is -0.142. The lowest BCUT2D eigenvalue weighted by Gasteiger charge is -2.27. The van der Waals surface area contributed by atoms with Gasteiger partial charge in [-0.3, -0.25) is 4.79 Å². The molecule has 1 heterocycles. The zero-order valence-corrected chi connectivity index (χ0v) is 12.6. The quantitative estimate of drug-likeness (QED) is 0.810. The number of aliphatic carboxylic acids is 1. The molecular weight excluding hydrogens is 324 g/mol. The minimum atomic E-state index is -0.935. The highest BCUT2D eigenvalue weighted by atomic mass is 79.9. The van der Waals surface area contributed by atoms with Crippen molar-refractivity contribution in [3.63, 3.8) is 0 Å². The highest BCUT2D eigenvalue weighted by Crippen LogP contribution is 2.24. The summed E-state index contributed by atoms with van der Waals surface area (Å²) < 4.78 is 0.644. The Morgan fingerprint density at radius 3 is 2.70 bits per heavy atom. The molecule has 1 aliphatic heterocycles. The largest absolute Gasteiger partial charge is 0.480 e. The van der Waals surface area contributed by atoms with Gasteiger partial charge in [-0.05, 0) is 47.0 Å². The number of carbonyl (C=O) groups excluding carboxylic acids is 1. The van der Waals surface area contributed by atoms with E-state index in [-0.39, 0.29) is 5.91 Å². The summed E-state index contributed by atoms with van der Waals surface area (Å²) in [4.78, 5) is 25.3. The van der Waals surface area contributed by atoms with Crippen LogP contribution >= 0.6 is 15.9 Å². The van der Waals surface area contributed by atoms with Gasteiger partial charge in [0.1, 0.15) is 6.04 Å². The van der Waals surface area contributed by atoms with Gasteiger partial charge in [0.2, 0.25) is 0 Å². The Labute approximate surface area is 125 Å². The molecule has 6 heteroatoms. The van der Waals surface area contributed by atoms with Crippen LogP contribution in [-0.2, 0) is 4.79 Å². The van der Waals surface area contributed by atoms with Crippen molar-refractivity contribution in [2.45, 2.75) is 31.7 Å². The van der Waals surface area contributed by atoms with Crippen LogP contribution in [0.2, 0.25) is 0 Å². The fourth-order valence-corrected chi connectivity index (χ4v) is 2.81. The lowest BCUT2D eigenvalue weighted by atomic mass is 10.1. The number of halogens is 1. The molecule has 1 aromatic carbocycles. The van der Waals surface area contributed by atoms with Gasteiger partial charge in [0.15, 0.2) is 0 Å². The van der Waals surface area contributed by atoms with Crippen molar-refractivity contribution in [2.24, 2.45) is 0 Å². The summed E-state index contributed by atoms with van der Waals surface area (Å²) in [5, 5.41) is 9.31. The van der Waals surface area contributed by atoms with Crippen molar-refractivity contribution in [2.75, 3.05) is 12.3 Å². The minimum absolute atomic E-state index is 0.250. The second-order valence-electron chi connectivity index (χ2n) is 4.94.